The first-order chi connectivity index (χ1) is 9.10. The third-order valence-electron chi connectivity index (χ3n) is 2.60. The molecule has 0 bridgehead atoms. The van der Waals surface area contributed by atoms with Crippen molar-refractivity contribution < 1.29 is 18.0 Å². The Kier molecular flexibility index (Phi) is 5.62. The van der Waals surface area contributed by atoms with E-state index in [0.717, 1.165) is 10.5 Å². The summed E-state index contributed by atoms with van der Waals surface area (Å²) < 4.78 is 38.3. The topological polar surface area (TPSA) is 20.3 Å². The Morgan fingerprint density at radius 1 is 1.35 bits per heavy atom. The first-order valence-electron chi connectivity index (χ1n) is 6.22. The summed E-state index contributed by atoms with van der Waals surface area (Å²) in [6.45, 7) is 4.24. The lowest BCUT2D eigenvalue weighted by atomic mass is 10.1. The number of benzene rings is 1. The normalized spacial score (nSPS) is 11.8. The Balaban J connectivity index is 3.03. The van der Waals surface area contributed by atoms with Crippen molar-refractivity contribution in [3.05, 3.63) is 33.8 Å². The zero-order valence-corrected chi connectivity index (χ0v) is 13.2. The van der Waals surface area contributed by atoms with E-state index in [1.807, 2.05) is 6.92 Å². The maximum absolute atomic E-state index is 12.6. The molecule has 0 aliphatic carbocycles. The fourth-order valence-corrected chi connectivity index (χ4v) is 2.50. The molecule has 2 nitrogen and oxygen atoms in total. The van der Waals surface area contributed by atoms with Crippen LogP contribution in [0.15, 0.2) is 22.7 Å². The quantitative estimate of drug-likeness (QED) is 0.786. The van der Waals surface area contributed by atoms with Gasteiger partial charge in [-0.3, -0.25) is 4.79 Å². The first-order valence-corrected chi connectivity index (χ1v) is 7.01. The summed E-state index contributed by atoms with van der Waals surface area (Å²) in [4.78, 5) is 13.1. The highest BCUT2D eigenvalue weighted by Gasteiger charge is 2.34. The van der Waals surface area contributed by atoms with Gasteiger partial charge < -0.3 is 4.90 Å². The van der Waals surface area contributed by atoms with Crippen LogP contribution in [-0.4, -0.2) is 30.1 Å². The minimum Gasteiger partial charge on any atom is -0.329 e. The minimum atomic E-state index is -4.40. The van der Waals surface area contributed by atoms with Gasteiger partial charge in [0.15, 0.2) is 0 Å². The van der Waals surface area contributed by atoms with E-state index in [1.54, 1.807) is 32.0 Å². The third-order valence-corrected chi connectivity index (χ3v) is 3.25. The highest BCUT2D eigenvalue weighted by Crippen LogP contribution is 2.23. The highest BCUT2D eigenvalue weighted by molar-refractivity contribution is 9.10. The van der Waals surface area contributed by atoms with Crippen molar-refractivity contribution in [1.29, 1.82) is 0 Å². The molecule has 1 aromatic carbocycles. The van der Waals surface area contributed by atoms with Gasteiger partial charge in [0, 0.05) is 11.0 Å². The summed E-state index contributed by atoms with van der Waals surface area (Å²) in [7, 11) is 0. The van der Waals surface area contributed by atoms with Gasteiger partial charge in [-0.05, 0) is 46.5 Å². The molecule has 0 spiro atoms. The van der Waals surface area contributed by atoms with Gasteiger partial charge in [-0.1, -0.05) is 19.9 Å². The number of rotatable bonds is 4. The van der Waals surface area contributed by atoms with Crippen LogP contribution >= 0.6 is 15.9 Å². The number of nitrogens with zero attached hydrogens (tertiary/aromatic N) is 1. The van der Waals surface area contributed by atoms with Crippen molar-refractivity contribution in [2.45, 2.75) is 26.9 Å². The molecule has 0 radical (unpaired) electrons. The van der Waals surface area contributed by atoms with Gasteiger partial charge in [0.05, 0.1) is 5.56 Å². The summed E-state index contributed by atoms with van der Waals surface area (Å²) in [5, 5.41) is 0. The molecule has 1 rings (SSSR count). The lowest BCUT2D eigenvalue weighted by Crippen LogP contribution is -2.41. The molecule has 112 valence electrons. The molecular formula is C14H17BrF3NO. The van der Waals surface area contributed by atoms with E-state index in [0.29, 0.717) is 4.47 Å². The van der Waals surface area contributed by atoms with E-state index >= 15 is 0 Å². The molecule has 0 aliphatic rings. The number of aryl methyl sites for hydroxylation is 1. The lowest BCUT2D eigenvalue weighted by molar-refractivity contribution is -0.141. The van der Waals surface area contributed by atoms with E-state index in [4.69, 9.17) is 0 Å². The van der Waals surface area contributed by atoms with E-state index in [-0.39, 0.29) is 18.0 Å². The Morgan fingerprint density at radius 2 is 1.95 bits per heavy atom. The van der Waals surface area contributed by atoms with Crippen LogP contribution in [0.1, 0.15) is 29.8 Å². The standard InChI is InChI=1S/C14H17BrF3NO/c1-9(2)7-19(8-14(16,17)18)13(20)11-5-4-10(3)6-12(11)15/h4-6,9H,7-8H2,1-3H3. The zero-order chi connectivity index (χ0) is 15.5. The van der Waals surface area contributed by atoms with E-state index in [2.05, 4.69) is 15.9 Å². The van der Waals surface area contributed by atoms with E-state index in [1.165, 1.54) is 0 Å². The molecule has 0 unspecified atom stereocenters. The van der Waals surface area contributed by atoms with Crippen LogP contribution in [0.2, 0.25) is 0 Å². The first kappa shape index (κ1) is 17.0. The second-order valence-corrected chi connectivity index (χ2v) is 6.03. The van der Waals surface area contributed by atoms with Gasteiger partial charge in [0.2, 0.25) is 0 Å². The maximum Gasteiger partial charge on any atom is 0.406 e. The number of alkyl halides is 3. The summed E-state index contributed by atoms with van der Waals surface area (Å²) in [6.07, 6.45) is -4.40. The molecule has 0 saturated carbocycles. The average molecular weight is 352 g/mol. The molecule has 0 aliphatic heterocycles. The number of carbonyl (C=O) groups is 1. The van der Waals surface area contributed by atoms with Crippen LogP contribution in [0.25, 0.3) is 0 Å². The van der Waals surface area contributed by atoms with Crippen LogP contribution in [0.3, 0.4) is 0 Å². The van der Waals surface area contributed by atoms with Crippen molar-refractivity contribution in [3.63, 3.8) is 0 Å². The SMILES string of the molecule is Cc1ccc(C(=O)N(CC(C)C)CC(F)(F)F)c(Br)c1. The number of amides is 1. The summed E-state index contributed by atoms with van der Waals surface area (Å²) >= 11 is 3.23. The van der Waals surface area contributed by atoms with Crippen LogP contribution < -0.4 is 0 Å². The highest BCUT2D eigenvalue weighted by atomic mass is 79.9. The van der Waals surface area contributed by atoms with E-state index in [9.17, 15) is 18.0 Å². The molecule has 0 N–H and O–H groups in total. The number of hydrogen-bond acceptors (Lipinski definition) is 1. The molecule has 0 aromatic heterocycles. The Morgan fingerprint density at radius 3 is 2.40 bits per heavy atom. The fraction of sp³-hybridized carbons (Fsp3) is 0.500. The van der Waals surface area contributed by atoms with Crippen molar-refractivity contribution >= 4 is 21.8 Å². The molecular weight excluding hydrogens is 335 g/mol. The van der Waals surface area contributed by atoms with Crippen LogP contribution in [-0.2, 0) is 0 Å². The van der Waals surface area contributed by atoms with Crippen LogP contribution in [0.5, 0.6) is 0 Å². The molecule has 0 atom stereocenters. The van der Waals surface area contributed by atoms with Gasteiger partial charge in [-0.15, -0.1) is 0 Å². The molecule has 6 heteroatoms. The summed E-state index contributed by atoms with van der Waals surface area (Å²) in [6, 6.07) is 4.97. The van der Waals surface area contributed by atoms with Crippen LogP contribution in [0, 0.1) is 12.8 Å². The molecule has 0 saturated heterocycles. The van der Waals surface area contributed by atoms with Crippen molar-refractivity contribution in [2.75, 3.05) is 13.1 Å². The van der Waals surface area contributed by atoms with Crippen molar-refractivity contribution in [2.24, 2.45) is 5.92 Å². The Labute approximate surface area is 125 Å². The number of carbonyl (C=O) groups excluding carboxylic acids is 1. The summed E-state index contributed by atoms with van der Waals surface area (Å²) in [5.74, 6) is -0.645. The second-order valence-electron chi connectivity index (χ2n) is 5.18. The lowest BCUT2D eigenvalue weighted by Gasteiger charge is -2.26. The maximum atomic E-state index is 12.6. The van der Waals surface area contributed by atoms with Gasteiger partial charge in [0.1, 0.15) is 6.54 Å². The molecule has 1 amide bonds. The average Bonchev–Trinajstić information content (AvgIpc) is 2.24. The predicted molar refractivity (Wildman–Crippen MR) is 75.7 cm³/mol. The monoisotopic (exact) mass is 351 g/mol. The molecule has 0 fully saturated rings. The van der Waals surface area contributed by atoms with E-state index < -0.39 is 18.6 Å². The Hall–Kier alpha value is -1.04. The fourth-order valence-electron chi connectivity index (χ4n) is 1.84. The smallest absolute Gasteiger partial charge is 0.329 e. The largest absolute Gasteiger partial charge is 0.406 e. The van der Waals surface area contributed by atoms with Gasteiger partial charge in [-0.25, -0.2) is 0 Å². The minimum absolute atomic E-state index is 0.0366. The zero-order valence-electron chi connectivity index (χ0n) is 11.6. The third kappa shape index (κ3) is 5.15. The van der Waals surface area contributed by atoms with Gasteiger partial charge in [0.25, 0.3) is 5.91 Å². The van der Waals surface area contributed by atoms with Crippen molar-refractivity contribution in [1.82, 2.24) is 4.90 Å². The molecule has 0 heterocycles. The van der Waals surface area contributed by atoms with Gasteiger partial charge in [-0.2, -0.15) is 13.2 Å². The number of halogens is 4. The predicted octanol–water partition coefficient (Wildman–Crippen LogP) is 4.42. The number of hydrogen-bond donors (Lipinski definition) is 0. The van der Waals surface area contributed by atoms with Crippen molar-refractivity contribution in [3.8, 4) is 0 Å². The van der Waals surface area contributed by atoms with Gasteiger partial charge >= 0.3 is 6.18 Å². The molecule has 20 heavy (non-hydrogen) atoms. The van der Waals surface area contributed by atoms with Crippen LogP contribution in [0.4, 0.5) is 13.2 Å². The Bertz CT molecular complexity index is 486. The molecule has 1 aromatic rings. The summed E-state index contributed by atoms with van der Waals surface area (Å²) in [5.41, 5.74) is 1.18. The second kappa shape index (κ2) is 6.61.